The van der Waals surface area contributed by atoms with E-state index >= 15 is 0 Å². The lowest BCUT2D eigenvalue weighted by Gasteiger charge is -2.14. The molecule has 2 aromatic heterocycles. The van der Waals surface area contributed by atoms with Crippen molar-refractivity contribution in [3.8, 4) is 11.5 Å². The number of phenols is 1. The number of Topliss-reactive ketones (excluding diaryl/α,β-unsaturated/α-hetero) is 1. The average Bonchev–Trinajstić information content (AvgIpc) is 3.48. The summed E-state index contributed by atoms with van der Waals surface area (Å²) in [6, 6.07) is 11.2. The molecule has 0 unspecified atom stereocenters. The predicted octanol–water partition coefficient (Wildman–Crippen LogP) is 2.27. The van der Waals surface area contributed by atoms with Gasteiger partial charge in [-0.15, -0.1) is 15.3 Å². The highest BCUT2D eigenvalue weighted by Gasteiger charge is 2.15. The topological polar surface area (TPSA) is 145 Å². The summed E-state index contributed by atoms with van der Waals surface area (Å²) in [7, 11) is 0. The molecule has 0 fully saturated rings. The number of H-pyrrole nitrogens is 1. The molecule has 2 N–H and O–H groups in total. The van der Waals surface area contributed by atoms with Crippen LogP contribution < -0.4 is 4.74 Å². The minimum Gasteiger partial charge on any atom is -0.507 e. The quantitative estimate of drug-likeness (QED) is 0.349. The third-order valence-corrected chi connectivity index (χ3v) is 5.23. The first kappa shape index (κ1) is 22.1. The zero-order chi connectivity index (χ0) is 23.2. The molecule has 2 aromatic carbocycles. The number of aromatic amines is 1. The number of ketones is 1. The summed E-state index contributed by atoms with van der Waals surface area (Å²) in [6.07, 6.45) is 2.05. The molecule has 11 nitrogen and oxygen atoms in total. The van der Waals surface area contributed by atoms with Crippen LogP contribution in [-0.2, 0) is 26.0 Å². The van der Waals surface area contributed by atoms with E-state index in [4.69, 9.17) is 4.74 Å². The summed E-state index contributed by atoms with van der Waals surface area (Å²) in [5, 5.41) is 36.1. The van der Waals surface area contributed by atoms with Crippen LogP contribution in [0.2, 0.25) is 0 Å². The number of phenolic OH excluding ortho intramolecular Hbond substituents is 1. The second-order valence-electron chi connectivity index (χ2n) is 7.60. The van der Waals surface area contributed by atoms with Crippen molar-refractivity contribution in [3.63, 3.8) is 0 Å². The van der Waals surface area contributed by atoms with Crippen LogP contribution in [-0.4, -0.2) is 51.7 Å². The number of hydrogen-bond donors (Lipinski definition) is 2. The molecule has 33 heavy (non-hydrogen) atoms. The lowest BCUT2D eigenvalue weighted by molar-refractivity contribution is 0.101. The Morgan fingerprint density at radius 2 is 1.97 bits per heavy atom. The number of tetrazole rings is 2. The molecule has 0 atom stereocenters. The van der Waals surface area contributed by atoms with Crippen LogP contribution in [0.3, 0.4) is 0 Å². The molecule has 0 aliphatic carbocycles. The maximum Gasteiger partial charge on any atom is 0.196 e. The number of aromatic nitrogens is 8. The first-order chi connectivity index (χ1) is 16.0. The number of hydrogen-bond acceptors (Lipinski definition) is 9. The molecular formula is C22H24N8O3. The lowest BCUT2D eigenvalue weighted by Crippen LogP contribution is -2.09. The van der Waals surface area contributed by atoms with Gasteiger partial charge in [-0.05, 0) is 53.1 Å². The van der Waals surface area contributed by atoms with E-state index in [1.807, 2.05) is 37.3 Å². The van der Waals surface area contributed by atoms with Crippen molar-refractivity contribution < 1.29 is 14.6 Å². The van der Waals surface area contributed by atoms with Gasteiger partial charge in [-0.25, -0.2) is 4.68 Å². The normalized spacial score (nSPS) is 11.0. The van der Waals surface area contributed by atoms with Crippen LogP contribution in [0, 0.1) is 0 Å². The highest BCUT2D eigenvalue weighted by atomic mass is 16.5. The van der Waals surface area contributed by atoms with Gasteiger partial charge in [0.15, 0.2) is 17.4 Å². The number of aromatic hydroxyl groups is 1. The standard InChI is InChI=1S/C22H24N8O3/c1-3-4-19-16(7-10-18(14(2)31)22(19)32)13-33-17-8-5-15(6-9-17)11-21-25-28-29-30(21)12-20-23-26-27-24-20/h5-10,32H,3-4,11-13H2,1-2H3,(H,23,24,26,27). The molecule has 0 aliphatic rings. The molecule has 0 amide bonds. The minimum absolute atomic E-state index is 0.0549. The molecule has 0 radical (unpaired) electrons. The van der Waals surface area contributed by atoms with E-state index in [1.54, 1.807) is 10.7 Å². The van der Waals surface area contributed by atoms with E-state index in [0.717, 1.165) is 23.1 Å². The number of nitrogens with zero attached hydrogens (tertiary/aromatic N) is 7. The second-order valence-corrected chi connectivity index (χ2v) is 7.60. The first-order valence-electron chi connectivity index (χ1n) is 10.6. The van der Waals surface area contributed by atoms with Gasteiger partial charge >= 0.3 is 0 Å². The van der Waals surface area contributed by atoms with E-state index in [0.29, 0.717) is 49.0 Å². The molecule has 0 spiro atoms. The van der Waals surface area contributed by atoms with E-state index in [2.05, 4.69) is 36.1 Å². The minimum atomic E-state index is -0.156. The Morgan fingerprint density at radius 3 is 2.67 bits per heavy atom. The van der Waals surface area contributed by atoms with E-state index < -0.39 is 0 Å². The third kappa shape index (κ3) is 5.20. The molecule has 0 bridgehead atoms. The van der Waals surface area contributed by atoms with Crippen molar-refractivity contribution in [1.82, 2.24) is 40.8 Å². The Bertz CT molecular complexity index is 1220. The van der Waals surface area contributed by atoms with Gasteiger partial charge in [-0.1, -0.05) is 36.8 Å². The van der Waals surface area contributed by atoms with Crippen molar-refractivity contribution >= 4 is 5.78 Å². The summed E-state index contributed by atoms with van der Waals surface area (Å²) < 4.78 is 7.58. The van der Waals surface area contributed by atoms with Crippen LogP contribution in [0.5, 0.6) is 11.5 Å². The summed E-state index contributed by atoms with van der Waals surface area (Å²) in [4.78, 5) is 11.7. The van der Waals surface area contributed by atoms with Crippen molar-refractivity contribution in [1.29, 1.82) is 0 Å². The Kier molecular flexibility index (Phi) is 6.67. The molecule has 2 heterocycles. The Balaban J connectivity index is 1.41. The molecule has 170 valence electrons. The third-order valence-electron chi connectivity index (χ3n) is 5.23. The van der Waals surface area contributed by atoms with E-state index in [1.165, 1.54) is 6.92 Å². The molecule has 0 saturated heterocycles. The SMILES string of the molecule is CCCc1c(COc2ccc(Cc3nnnn3Cc3nn[nH]n3)cc2)ccc(C(C)=O)c1O. The van der Waals surface area contributed by atoms with Crippen molar-refractivity contribution in [3.05, 3.63) is 70.3 Å². The largest absolute Gasteiger partial charge is 0.507 e. The molecular weight excluding hydrogens is 424 g/mol. The Hall–Kier alpha value is -4.15. The van der Waals surface area contributed by atoms with Crippen LogP contribution >= 0.6 is 0 Å². The van der Waals surface area contributed by atoms with Gasteiger partial charge in [0.1, 0.15) is 24.7 Å². The summed E-state index contributed by atoms with van der Waals surface area (Å²) in [5.74, 6) is 1.77. The number of rotatable bonds is 10. The fourth-order valence-electron chi connectivity index (χ4n) is 3.53. The average molecular weight is 448 g/mol. The summed E-state index contributed by atoms with van der Waals surface area (Å²) in [5.41, 5.74) is 2.98. The lowest BCUT2D eigenvalue weighted by atomic mass is 9.97. The van der Waals surface area contributed by atoms with Crippen molar-refractivity contribution in [2.24, 2.45) is 0 Å². The predicted molar refractivity (Wildman–Crippen MR) is 117 cm³/mol. The fourth-order valence-corrected chi connectivity index (χ4v) is 3.53. The highest BCUT2D eigenvalue weighted by Crippen LogP contribution is 2.29. The smallest absolute Gasteiger partial charge is 0.196 e. The number of carbonyl (C=O) groups is 1. The van der Waals surface area contributed by atoms with E-state index in [-0.39, 0.29) is 11.5 Å². The maximum absolute atomic E-state index is 11.7. The van der Waals surface area contributed by atoms with Gasteiger partial charge in [-0.3, -0.25) is 4.79 Å². The zero-order valence-corrected chi connectivity index (χ0v) is 18.4. The summed E-state index contributed by atoms with van der Waals surface area (Å²) >= 11 is 0. The zero-order valence-electron chi connectivity index (χ0n) is 18.4. The molecule has 4 aromatic rings. The fraction of sp³-hybridized carbons (Fsp3) is 0.318. The number of benzene rings is 2. The van der Waals surface area contributed by atoms with Gasteiger partial charge in [0.25, 0.3) is 0 Å². The Labute approximate surface area is 189 Å². The number of ether oxygens (including phenoxy) is 1. The molecule has 0 aliphatic heterocycles. The van der Waals surface area contributed by atoms with Crippen molar-refractivity contribution in [2.45, 2.75) is 46.3 Å². The van der Waals surface area contributed by atoms with Crippen molar-refractivity contribution in [2.75, 3.05) is 0 Å². The van der Waals surface area contributed by atoms with Crippen LogP contribution in [0.15, 0.2) is 36.4 Å². The van der Waals surface area contributed by atoms with Crippen LogP contribution in [0.1, 0.15) is 59.0 Å². The molecule has 11 heteroatoms. The van der Waals surface area contributed by atoms with Gasteiger partial charge in [0, 0.05) is 12.0 Å². The molecule has 4 rings (SSSR count). The maximum atomic E-state index is 11.7. The number of nitrogens with one attached hydrogen (secondary N) is 1. The highest BCUT2D eigenvalue weighted by molar-refractivity contribution is 5.97. The monoisotopic (exact) mass is 448 g/mol. The van der Waals surface area contributed by atoms with Crippen LogP contribution in [0.25, 0.3) is 0 Å². The number of carbonyl (C=O) groups excluding carboxylic acids is 1. The molecule has 0 saturated carbocycles. The summed E-state index contributed by atoms with van der Waals surface area (Å²) in [6.45, 7) is 4.10. The second kappa shape index (κ2) is 9.98. The van der Waals surface area contributed by atoms with E-state index in [9.17, 15) is 9.90 Å². The van der Waals surface area contributed by atoms with Gasteiger partial charge in [-0.2, -0.15) is 5.21 Å². The first-order valence-corrected chi connectivity index (χ1v) is 10.6. The van der Waals surface area contributed by atoms with Crippen LogP contribution in [0.4, 0.5) is 0 Å². The van der Waals surface area contributed by atoms with Gasteiger partial charge in [0.05, 0.1) is 5.56 Å². The van der Waals surface area contributed by atoms with Gasteiger partial charge in [0.2, 0.25) is 0 Å². The Morgan fingerprint density at radius 1 is 1.15 bits per heavy atom. The van der Waals surface area contributed by atoms with Gasteiger partial charge < -0.3 is 9.84 Å².